The quantitative estimate of drug-likeness (QED) is 0.774. The van der Waals surface area contributed by atoms with Crippen molar-refractivity contribution in [1.29, 1.82) is 0 Å². The fourth-order valence-electron chi connectivity index (χ4n) is 1.25. The highest BCUT2D eigenvalue weighted by molar-refractivity contribution is 7.10. The highest BCUT2D eigenvalue weighted by atomic mass is 32.1. The molecule has 0 amide bonds. The van der Waals surface area contributed by atoms with Crippen molar-refractivity contribution in [3.8, 4) is 0 Å². The van der Waals surface area contributed by atoms with E-state index in [1.165, 1.54) is 10.4 Å². The number of thiophene rings is 1. The SMILES string of the molecule is Cc1cc(Cn2cc[nH]c2=O)cs1. The highest BCUT2D eigenvalue weighted by Crippen LogP contribution is 2.13. The molecule has 0 aliphatic carbocycles. The summed E-state index contributed by atoms with van der Waals surface area (Å²) in [4.78, 5) is 15.0. The Morgan fingerprint density at radius 1 is 1.62 bits per heavy atom. The van der Waals surface area contributed by atoms with Gasteiger partial charge < -0.3 is 4.98 Å². The second kappa shape index (κ2) is 3.22. The average molecular weight is 194 g/mol. The molecule has 0 radical (unpaired) electrons. The van der Waals surface area contributed by atoms with E-state index in [1.807, 2.05) is 0 Å². The van der Waals surface area contributed by atoms with Crippen LogP contribution in [0.25, 0.3) is 0 Å². The maximum Gasteiger partial charge on any atom is 0.325 e. The van der Waals surface area contributed by atoms with Gasteiger partial charge in [-0.15, -0.1) is 11.3 Å². The van der Waals surface area contributed by atoms with E-state index in [2.05, 4.69) is 23.4 Å². The first kappa shape index (κ1) is 8.31. The molecule has 13 heavy (non-hydrogen) atoms. The molecule has 0 spiro atoms. The van der Waals surface area contributed by atoms with Crippen LogP contribution in [0.1, 0.15) is 10.4 Å². The molecule has 0 unspecified atom stereocenters. The van der Waals surface area contributed by atoms with Crippen LogP contribution >= 0.6 is 11.3 Å². The number of aryl methyl sites for hydroxylation is 1. The summed E-state index contributed by atoms with van der Waals surface area (Å²) in [6, 6.07) is 2.10. The zero-order chi connectivity index (χ0) is 9.26. The Kier molecular flexibility index (Phi) is 2.06. The van der Waals surface area contributed by atoms with Crippen LogP contribution in [-0.2, 0) is 6.54 Å². The topological polar surface area (TPSA) is 37.8 Å². The van der Waals surface area contributed by atoms with E-state index >= 15 is 0 Å². The normalized spacial score (nSPS) is 10.5. The van der Waals surface area contributed by atoms with Crippen LogP contribution in [0.3, 0.4) is 0 Å². The van der Waals surface area contributed by atoms with Crippen molar-refractivity contribution < 1.29 is 0 Å². The number of imidazole rings is 1. The number of hydrogen-bond donors (Lipinski definition) is 1. The summed E-state index contributed by atoms with van der Waals surface area (Å²) >= 11 is 1.71. The van der Waals surface area contributed by atoms with Gasteiger partial charge in [0.1, 0.15) is 0 Å². The lowest BCUT2D eigenvalue weighted by Gasteiger charge is -1.96. The molecule has 0 bridgehead atoms. The lowest BCUT2D eigenvalue weighted by atomic mass is 10.3. The summed E-state index contributed by atoms with van der Waals surface area (Å²) in [7, 11) is 0. The van der Waals surface area contributed by atoms with Crippen LogP contribution in [0, 0.1) is 6.92 Å². The minimum Gasteiger partial charge on any atom is -0.313 e. The van der Waals surface area contributed by atoms with Gasteiger partial charge in [0, 0.05) is 17.3 Å². The molecule has 0 fully saturated rings. The van der Waals surface area contributed by atoms with Gasteiger partial charge >= 0.3 is 5.69 Å². The molecule has 1 N–H and O–H groups in total. The molecule has 0 aliphatic rings. The van der Waals surface area contributed by atoms with Crippen molar-refractivity contribution in [3.63, 3.8) is 0 Å². The number of nitrogens with zero attached hydrogens (tertiary/aromatic N) is 1. The number of aromatic nitrogens is 2. The molecule has 2 rings (SSSR count). The van der Waals surface area contributed by atoms with E-state index in [1.54, 1.807) is 28.3 Å². The molecule has 4 heteroatoms. The zero-order valence-corrected chi connectivity index (χ0v) is 8.10. The van der Waals surface area contributed by atoms with Crippen molar-refractivity contribution in [3.05, 3.63) is 44.8 Å². The number of H-pyrrole nitrogens is 1. The summed E-state index contributed by atoms with van der Waals surface area (Å²) in [6.45, 7) is 2.72. The Bertz CT molecular complexity index is 452. The Hall–Kier alpha value is -1.29. The molecule has 0 aromatic carbocycles. The van der Waals surface area contributed by atoms with Gasteiger partial charge in [0.2, 0.25) is 0 Å². The van der Waals surface area contributed by atoms with Crippen LogP contribution in [0.5, 0.6) is 0 Å². The Morgan fingerprint density at radius 2 is 2.46 bits per heavy atom. The summed E-state index contributed by atoms with van der Waals surface area (Å²) in [5.41, 5.74) is 1.13. The third kappa shape index (κ3) is 1.72. The van der Waals surface area contributed by atoms with Crippen molar-refractivity contribution in [2.24, 2.45) is 0 Å². The first-order valence-corrected chi connectivity index (χ1v) is 4.91. The smallest absolute Gasteiger partial charge is 0.313 e. The van der Waals surface area contributed by atoms with Gasteiger partial charge in [-0.2, -0.15) is 0 Å². The maximum atomic E-state index is 11.1. The number of rotatable bonds is 2. The summed E-state index contributed by atoms with van der Waals surface area (Å²) < 4.78 is 1.65. The lowest BCUT2D eigenvalue weighted by Crippen LogP contribution is -2.16. The second-order valence-corrected chi connectivity index (χ2v) is 4.07. The van der Waals surface area contributed by atoms with Crippen LogP contribution in [0.4, 0.5) is 0 Å². The first-order valence-electron chi connectivity index (χ1n) is 4.03. The molecular weight excluding hydrogens is 184 g/mol. The van der Waals surface area contributed by atoms with Gasteiger partial charge in [0.25, 0.3) is 0 Å². The van der Waals surface area contributed by atoms with Crippen LogP contribution in [-0.4, -0.2) is 9.55 Å². The van der Waals surface area contributed by atoms with Crippen molar-refractivity contribution in [2.75, 3.05) is 0 Å². The summed E-state index contributed by atoms with van der Waals surface area (Å²) in [5.74, 6) is 0. The second-order valence-electron chi connectivity index (χ2n) is 2.96. The average Bonchev–Trinajstić information content (AvgIpc) is 2.64. The lowest BCUT2D eigenvalue weighted by molar-refractivity contribution is 0.764. The number of aromatic amines is 1. The monoisotopic (exact) mass is 194 g/mol. The van der Waals surface area contributed by atoms with E-state index in [4.69, 9.17) is 0 Å². The van der Waals surface area contributed by atoms with Gasteiger partial charge in [0.05, 0.1) is 6.54 Å². The van der Waals surface area contributed by atoms with Crippen LogP contribution in [0.2, 0.25) is 0 Å². The zero-order valence-electron chi connectivity index (χ0n) is 7.28. The minimum atomic E-state index is -0.0520. The van der Waals surface area contributed by atoms with E-state index in [0.29, 0.717) is 6.54 Å². The third-order valence-corrected chi connectivity index (χ3v) is 2.77. The molecule has 0 aliphatic heterocycles. The van der Waals surface area contributed by atoms with Crippen LogP contribution in [0.15, 0.2) is 28.6 Å². The van der Waals surface area contributed by atoms with Crippen molar-refractivity contribution in [2.45, 2.75) is 13.5 Å². The van der Waals surface area contributed by atoms with Gasteiger partial charge in [0.15, 0.2) is 0 Å². The standard InChI is InChI=1S/C9H10N2OS/c1-7-4-8(6-13-7)5-11-3-2-10-9(11)12/h2-4,6H,5H2,1H3,(H,10,12). The van der Waals surface area contributed by atoms with Gasteiger partial charge in [-0.3, -0.25) is 4.57 Å². The predicted octanol–water partition coefficient (Wildman–Crippen LogP) is 1.59. The molecule has 68 valence electrons. The molecule has 2 aromatic rings. The third-order valence-electron chi connectivity index (χ3n) is 1.86. The summed E-state index contributed by atoms with van der Waals surface area (Å²) in [6.07, 6.45) is 3.41. The minimum absolute atomic E-state index is 0.0520. The predicted molar refractivity (Wildman–Crippen MR) is 53.2 cm³/mol. The van der Waals surface area contributed by atoms with Gasteiger partial charge in [-0.1, -0.05) is 0 Å². The number of hydrogen-bond acceptors (Lipinski definition) is 2. The largest absolute Gasteiger partial charge is 0.325 e. The van der Waals surface area contributed by atoms with E-state index < -0.39 is 0 Å². The number of nitrogens with one attached hydrogen (secondary N) is 1. The van der Waals surface area contributed by atoms with E-state index in [9.17, 15) is 4.79 Å². The Balaban J connectivity index is 2.24. The molecule has 0 saturated carbocycles. The van der Waals surface area contributed by atoms with Crippen molar-refractivity contribution >= 4 is 11.3 Å². The van der Waals surface area contributed by atoms with Crippen molar-refractivity contribution in [1.82, 2.24) is 9.55 Å². The molecule has 2 heterocycles. The first-order chi connectivity index (χ1) is 6.25. The molecule has 0 saturated heterocycles. The molecular formula is C9H10N2OS. The fraction of sp³-hybridized carbons (Fsp3) is 0.222. The molecule has 0 atom stereocenters. The Morgan fingerprint density at radius 3 is 3.00 bits per heavy atom. The summed E-state index contributed by atoms with van der Waals surface area (Å²) in [5, 5.41) is 2.08. The fourth-order valence-corrected chi connectivity index (χ4v) is 1.95. The van der Waals surface area contributed by atoms with E-state index in [0.717, 1.165) is 0 Å². The van der Waals surface area contributed by atoms with Gasteiger partial charge in [-0.05, 0) is 23.9 Å². The van der Waals surface area contributed by atoms with Gasteiger partial charge in [-0.25, -0.2) is 4.79 Å². The highest BCUT2D eigenvalue weighted by Gasteiger charge is 1.99. The molecule has 3 nitrogen and oxygen atoms in total. The van der Waals surface area contributed by atoms with Crippen LogP contribution < -0.4 is 5.69 Å². The van der Waals surface area contributed by atoms with E-state index in [-0.39, 0.29) is 5.69 Å². The molecule has 2 aromatic heterocycles. The maximum absolute atomic E-state index is 11.1. The Labute approximate surface area is 79.7 Å².